The maximum Gasteiger partial charge on any atom is 0.490 e. The molecule has 1 atom stereocenters. The Morgan fingerprint density at radius 1 is 1.29 bits per heavy atom. The lowest BCUT2D eigenvalue weighted by Gasteiger charge is -2.32. The molecule has 2 rings (SSSR count). The van der Waals surface area contributed by atoms with Crippen LogP contribution in [0.15, 0.2) is 11.5 Å². The normalized spacial score (nSPS) is 30.9. The number of hydrogen-bond acceptors (Lipinski definition) is 3. The Morgan fingerprint density at radius 3 is 2.29 bits per heavy atom. The van der Waals surface area contributed by atoms with Crippen LogP contribution in [0.4, 0.5) is 0 Å². The SMILES string of the molecule is CC1(C)OB(C2=CC[C@@H](C#N)CC2)OC1(C)C. The maximum atomic E-state index is 8.87. The van der Waals surface area contributed by atoms with Gasteiger partial charge in [-0.25, -0.2) is 0 Å². The molecule has 1 aliphatic heterocycles. The summed E-state index contributed by atoms with van der Waals surface area (Å²) >= 11 is 0. The molecule has 0 unspecified atom stereocenters. The molecular formula is C13H20BNO2. The van der Waals surface area contributed by atoms with Crippen molar-refractivity contribution in [2.75, 3.05) is 0 Å². The van der Waals surface area contributed by atoms with Crippen molar-refractivity contribution in [1.29, 1.82) is 5.26 Å². The summed E-state index contributed by atoms with van der Waals surface area (Å²) in [6.45, 7) is 8.26. The number of nitriles is 1. The Morgan fingerprint density at radius 2 is 1.88 bits per heavy atom. The van der Waals surface area contributed by atoms with E-state index in [0.717, 1.165) is 19.3 Å². The van der Waals surface area contributed by atoms with Gasteiger partial charge < -0.3 is 9.31 Å². The van der Waals surface area contributed by atoms with Crippen molar-refractivity contribution in [1.82, 2.24) is 0 Å². The monoisotopic (exact) mass is 233 g/mol. The molecule has 1 heterocycles. The molecule has 0 aromatic rings. The molecule has 17 heavy (non-hydrogen) atoms. The lowest BCUT2D eigenvalue weighted by molar-refractivity contribution is 0.00578. The van der Waals surface area contributed by atoms with Crippen LogP contribution >= 0.6 is 0 Å². The fourth-order valence-corrected chi connectivity index (χ4v) is 2.18. The summed E-state index contributed by atoms with van der Waals surface area (Å²) in [7, 11) is -0.223. The topological polar surface area (TPSA) is 42.2 Å². The average Bonchev–Trinajstić information content (AvgIpc) is 2.48. The quantitative estimate of drug-likeness (QED) is 0.654. The Bertz CT molecular complexity index is 365. The Labute approximate surface area is 104 Å². The van der Waals surface area contributed by atoms with E-state index in [1.165, 1.54) is 5.47 Å². The number of rotatable bonds is 1. The van der Waals surface area contributed by atoms with E-state index in [1.807, 2.05) is 0 Å². The zero-order valence-electron chi connectivity index (χ0n) is 11.1. The fraction of sp³-hybridized carbons (Fsp3) is 0.769. The van der Waals surface area contributed by atoms with Crippen LogP contribution in [-0.2, 0) is 9.31 Å². The van der Waals surface area contributed by atoms with Crippen molar-refractivity contribution >= 4 is 7.12 Å². The predicted molar refractivity (Wildman–Crippen MR) is 67.1 cm³/mol. The third kappa shape index (κ3) is 2.27. The number of nitrogens with zero attached hydrogens (tertiary/aromatic N) is 1. The second-order valence-electron chi connectivity index (χ2n) is 5.97. The summed E-state index contributed by atoms with van der Waals surface area (Å²) in [5.74, 6) is 0.168. The smallest absolute Gasteiger partial charge is 0.400 e. The molecule has 0 aromatic carbocycles. The summed E-state index contributed by atoms with van der Waals surface area (Å²) in [6.07, 6.45) is 4.79. The molecule has 2 aliphatic rings. The molecule has 0 saturated carbocycles. The van der Waals surface area contributed by atoms with Crippen LogP contribution in [0.25, 0.3) is 0 Å². The van der Waals surface area contributed by atoms with Gasteiger partial charge in [-0.3, -0.25) is 0 Å². The van der Waals surface area contributed by atoms with E-state index in [-0.39, 0.29) is 24.2 Å². The molecular weight excluding hydrogens is 213 g/mol. The Balaban J connectivity index is 2.08. The van der Waals surface area contributed by atoms with Gasteiger partial charge in [-0.2, -0.15) is 5.26 Å². The molecule has 3 nitrogen and oxygen atoms in total. The minimum absolute atomic E-state index is 0.168. The van der Waals surface area contributed by atoms with E-state index in [0.29, 0.717) is 0 Å². The number of allylic oxidation sites excluding steroid dienone is 2. The first-order chi connectivity index (χ1) is 7.86. The van der Waals surface area contributed by atoms with Crippen LogP contribution in [0.2, 0.25) is 0 Å². The van der Waals surface area contributed by atoms with Crippen LogP contribution in [-0.4, -0.2) is 18.3 Å². The molecule has 4 heteroatoms. The first-order valence-electron chi connectivity index (χ1n) is 6.30. The molecule has 0 aromatic heterocycles. The minimum Gasteiger partial charge on any atom is -0.400 e. The first kappa shape index (κ1) is 12.7. The molecule has 0 N–H and O–H groups in total. The lowest BCUT2D eigenvalue weighted by atomic mass is 9.71. The molecule has 0 radical (unpaired) electrons. The van der Waals surface area contributed by atoms with Crippen molar-refractivity contribution in [2.45, 2.75) is 58.2 Å². The zero-order valence-corrected chi connectivity index (χ0v) is 11.1. The second-order valence-corrected chi connectivity index (χ2v) is 5.97. The highest BCUT2D eigenvalue weighted by molar-refractivity contribution is 6.54. The summed E-state index contributed by atoms with van der Waals surface area (Å²) in [6, 6.07) is 2.32. The molecule has 0 spiro atoms. The van der Waals surface area contributed by atoms with Crippen molar-refractivity contribution < 1.29 is 9.31 Å². The second kappa shape index (κ2) is 4.15. The first-order valence-corrected chi connectivity index (χ1v) is 6.30. The van der Waals surface area contributed by atoms with E-state index in [1.54, 1.807) is 0 Å². The maximum absolute atomic E-state index is 8.87. The predicted octanol–water partition coefficient (Wildman–Crippen LogP) is 2.87. The van der Waals surface area contributed by atoms with Crippen molar-refractivity contribution in [3.63, 3.8) is 0 Å². The van der Waals surface area contributed by atoms with Gasteiger partial charge in [-0.05, 0) is 52.4 Å². The van der Waals surface area contributed by atoms with Gasteiger partial charge in [0.15, 0.2) is 0 Å². The van der Waals surface area contributed by atoms with E-state index in [4.69, 9.17) is 14.6 Å². The third-order valence-corrected chi connectivity index (χ3v) is 4.18. The van der Waals surface area contributed by atoms with Crippen molar-refractivity contribution in [3.8, 4) is 6.07 Å². The fourth-order valence-electron chi connectivity index (χ4n) is 2.18. The molecule has 92 valence electrons. The molecule has 1 fully saturated rings. The molecule has 0 amide bonds. The summed E-state index contributed by atoms with van der Waals surface area (Å²) in [5, 5.41) is 8.87. The van der Waals surface area contributed by atoms with Crippen LogP contribution in [0.5, 0.6) is 0 Å². The van der Waals surface area contributed by atoms with Crippen LogP contribution in [0.3, 0.4) is 0 Å². The highest BCUT2D eigenvalue weighted by Gasteiger charge is 2.52. The zero-order chi connectivity index (χ0) is 12.7. The van der Waals surface area contributed by atoms with E-state index in [2.05, 4.69) is 39.8 Å². The van der Waals surface area contributed by atoms with Gasteiger partial charge in [0.25, 0.3) is 0 Å². The Kier molecular flexibility index (Phi) is 3.09. The summed E-state index contributed by atoms with van der Waals surface area (Å²) in [5.41, 5.74) is 0.657. The van der Waals surface area contributed by atoms with Crippen LogP contribution < -0.4 is 0 Å². The van der Waals surface area contributed by atoms with Gasteiger partial charge in [0.1, 0.15) is 0 Å². The molecule has 1 saturated heterocycles. The highest BCUT2D eigenvalue weighted by atomic mass is 16.7. The van der Waals surface area contributed by atoms with E-state index < -0.39 is 0 Å². The van der Waals surface area contributed by atoms with Gasteiger partial charge in [-0.1, -0.05) is 6.08 Å². The van der Waals surface area contributed by atoms with Crippen LogP contribution in [0, 0.1) is 17.2 Å². The third-order valence-electron chi connectivity index (χ3n) is 4.18. The summed E-state index contributed by atoms with van der Waals surface area (Å²) < 4.78 is 12.0. The lowest BCUT2D eigenvalue weighted by Crippen LogP contribution is -2.41. The van der Waals surface area contributed by atoms with Crippen molar-refractivity contribution in [2.24, 2.45) is 5.92 Å². The van der Waals surface area contributed by atoms with E-state index in [9.17, 15) is 0 Å². The molecule has 0 bridgehead atoms. The van der Waals surface area contributed by atoms with Gasteiger partial charge in [0.05, 0.1) is 23.2 Å². The van der Waals surface area contributed by atoms with Crippen LogP contribution in [0.1, 0.15) is 47.0 Å². The van der Waals surface area contributed by atoms with Gasteiger partial charge in [0.2, 0.25) is 0 Å². The summed E-state index contributed by atoms with van der Waals surface area (Å²) in [4.78, 5) is 0. The largest absolute Gasteiger partial charge is 0.490 e. The Hall–Kier alpha value is -0.785. The average molecular weight is 233 g/mol. The van der Waals surface area contributed by atoms with Crippen molar-refractivity contribution in [3.05, 3.63) is 11.5 Å². The highest BCUT2D eigenvalue weighted by Crippen LogP contribution is 2.40. The van der Waals surface area contributed by atoms with Gasteiger partial charge >= 0.3 is 7.12 Å². The van der Waals surface area contributed by atoms with Gasteiger partial charge in [-0.15, -0.1) is 0 Å². The van der Waals surface area contributed by atoms with E-state index >= 15 is 0 Å². The standard InChI is InChI=1S/C13H20BNO2/c1-12(2)13(3,4)17-14(16-12)11-7-5-10(9-15)6-8-11/h7,10H,5-6,8H2,1-4H3/t10-/m1/s1. The molecule has 1 aliphatic carbocycles. The minimum atomic E-state index is -0.273. The number of hydrogen-bond donors (Lipinski definition) is 0. The van der Waals surface area contributed by atoms with Gasteiger partial charge in [0, 0.05) is 0 Å².